The lowest BCUT2D eigenvalue weighted by atomic mass is 9.96. The Morgan fingerprint density at radius 2 is 1.81 bits per heavy atom. The molecule has 0 bridgehead atoms. The van der Waals surface area contributed by atoms with Crippen LogP contribution in [0.4, 0.5) is 5.95 Å². The summed E-state index contributed by atoms with van der Waals surface area (Å²) in [6, 6.07) is 13.4. The molecule has 0 unspecified atom stereocenters. The van der Waals surface area contributed by atoms with Crippen molar-refractivity contribution in [2.24, 2.45) is 0 Å². The molecule has 27 heavy (non-hydrogen) atoms. The van der Waals surface area contributed by atoms with Gasteiger partial charge in [0.05, 0.1) is 16.3 Å². The van der Waals surface area contributed by atoms with E-state index in [0.717, 1.165) is 26.2 Å². The number of allylic oxidation sites excluding steroid dienone is 1. The van der Waals surface area contributed by atoms with Crippen LogP contribution in [0.25, 0.3) is 16.6 Å². The molecule has 138 valence electrons. The lowest BCUT2D eigenvalue weighted by Crippen LogP contribution is -2.23. The highest BCUT2D eigenvalue weighted by Crippen LogP contribution is 2.29. The summed E-state index contributed by atoms with van der Waals surface area (Å²) in [4.78, 5) is 4.19. The topological polar surface area (TPSA) is 78.0 Å². The molecule has 1 heterocycles. The van der Waals surface area contributed by atoms with E-state index in [1.165, 1.54) is 0 Å². The van der Waals surface area contributed by atoms with Crippen molar-refractivity contribution in [1.29, 1.82) is 0 Å². The zero-order valence-electron chi connectivity index (χ0n) is 15.5. The molecule has 2 aromatic carbocycles. The summed E-state index contributed by atoms with van der Waals surface area (Å²) < 4.78 is 26.6. The molecule has 0 saturated heterocycles. The second-order valence-electron chi connectivity index (χ2n) is 6.62. The Hall–Kier alpha value is -3.04. The van der Waals surface area contributed by atoms with E-state index in [0.29, 0.717) is 11.0 Å². The van der Waals surface area contributed by atoms with E-state index in [-0.39, 0.29) is 5.95 Å². The molecule has 2 N–H and O–H groups in total. The number of fused-ring (bicyclic) bond motifs is 1. The van der Waals surface area contributed by atoms with E-state index >= 15 is 0 Å². The van der Waals surface area contributed by atoms with Crippen LogP contribution in [-0.2, 0) is 10.0 Å². The van der Waals surface area contributed by atoms with Crippen molar-refractivity contribution in [2.75, 3.05) is 5.73 Å². The number of aromatic nitrogens is 2. The number of hydrogen-bond acceptors (Lipinski definition) is 4. The van der Waals surface area contributed by atoms with E-state index in [4.69, 9.17) is 12.2 Å². The van der Waals surface area contributed by atoms with Crippen molar-refractivity contribution >= 4 is 32.6 Å². The van der Waals surface area contributed by atoms with Crippen molar-refractivity contribution in [2.45, 2.75) is 26.0 Å². The Kier molecular flexibility index (Phi) is 4.81. The molecule has 6 heteroatoms. The monoisotopic (exact) mass is 379 g/mol. The van der Waals surface area contributed by atoms with Gasteiger partial charge in [-0.25, -0.2) is 17.4 Å². The highest BCUT2D eigenvalue weighted by atomic mass is 32.2. The number of rotatable bonds is 4. The fraction of sp³-hybridized carbons (Fsp3) is 0.190. The number of anilines is 1. The standard InChI is InChI=1S/C21H21N3O2S/c1-5-6-18(16-9-7-15(4)8-10-16)17-11-12-19-20(13-17)24(21(22)23-19)27(25,26)14(2)3/h1,6-14H,2-4H3,(H2,22,23)/b18-6-. The van der Waals surface area contributed by atoms with Crippen LogP contribution in [0, 0.1) is 19.3 Å². The molecule has 0 atom stereocenters. The first-order chi connectivity index (χ1) is 12.8. The minimum absolute atomic E-state index is 0.0475. The fourth-order valence-electron chi connectivity index (χ4n) is 2.87. The Morgan fingerprint density at radius 3 is 2.41 bits per heavy atom. The molecule has 3 aromatic rings. The van der Waals surface area contributed by atoms with E-state index < -0.39 is 15.3 Å². The predicted octanol–water partition coefficient (Wildman–Crippen LogP) is 3.58. The maximum atomic E-state index is 12.7. The number of terminal acetylenes is 1. The molecular formula is C21H21N3O2S. The molecule has 0 aliphatic rings. The number of hydrogen-bond donors (Lipinski definition) is 1. The second kappa shape index (κ2) is 6.93. The van der Waals surface area contributed by atoms with Crippen LogP contribution in [0.15, 0.2) is 48.5 Å². The first-order valence-electron chi connectivity index (χ1n) is 8.51. The summed E-state index contributed by atoms with van der Waals surface area (Å²) >= 11 is 0. The maximum absolute atomic E-state index is 12.7. The average molecular weight is 379 g/mol. The third-order valence-corrected chi connectivity index (χ3v) is 6.47. The third-order valence-electron chi connectivity index (χ3n) is 4.39. The molecule has 0 spiro atoms. The molecule has 0 amide bonds. The van der Waals surface area contributed by atoms with Crippen LogP contribution in [0.1, 0.15) is 30.5 Å². The minimum Gasteiger partial charge on any atom is -0.368 e. The molecule has 1 aromatic heterocycles. The number of imidazole rings is 1. The number of nitrogen functional groups attached to an aromatic ring is 1. The van der Waals surface area contributed by atoms with Gasteiger partial charge in [0.25, 0.3) is 0 Å². The van der Waals surface area contributed by atoms with Crippen molar-refractivity contribution < 1.29 is 8.42 Å². The van der Waals surface area contributed by atoms with Crippen LogP contribution in [0.3, 0.4) is 0 Å². The Balaban J connectivity index is 2.25. The summed E-state index contributed by atoms with van der Waals surface area (Å²) in [6.45, 7) is 5.24. The SMILES string of the molecule is C#C/C=C(/c1ccc(C)cc1)c1ccc2nc(N)n(S(=O)(=O)C(C)C)c2c1. The van der Waals surface area contributed by atoms with Gasteiger partial charge in [-0.3, -0.25) is 0 Å². The van der Waals surface area contributed by atoms with Gasteiger partial charge >= 0.3 is 0 Å². The third kappa shape index (κ3) is 3.34. The zero-order valence-corrected chi connectivity index (χ0v) is 16.3. The first kappa shape index (κ1) is 18.7. The van der Waals surface area contributed by atoms with Gasteiger partial charge in [-0.15, -0.1) is 6.42 Å². The summed E-state index contributed by atoms with van der Waals surface area (Å²) in [5.74, 6) is 2.52. The van der Waals surface area contributed by atoms with Gasteiger partial charge < -0.3 is 5.73 Å². The lowest BCUT2D eigenvalue weighted by molar-refractivity contribution is 0.580. The van der Waals surface area contributed by atoms with Gasteiger partial charge in [-0.2, -0.15) is 0 Å². The number of nitrogens with zero attached hydrogens (tertiary/aromatic N) is 2. The highest BCUT2D eigenvalue weighted by molar-refractivity contribution is 7.90. The van der Waals surface area contributed by atoms with Crippen LogP contribution in [0.5, 0.6) is 0 Å². The highest BCUT2D eigenvalue weighted by Gasteiger charge is 2.24. The molecule has 3 rings (SSSR count). The summed E-state index contributed by atoms with van der Waals surface area (Å²) in [5, 5.41) is -0.626. The van der Waals surface area contributed by atoms with Crippen LogP contribution in [0.2, 0.25) is 0 Å². The number of benzene rings is 2. The van der Waals surface area contributed by atoms with Gasteiger partial charge in [0.15, 0.2) is 0 Å². The molecule has 5 nitrogen and oxygen atoms in total. The summed E-state index contributed by atoms with van der Waals surface area (Å²) in [6.07, 6.45) is 7.20. The van der Waals surface area contributed by atoms with Crippen LogP contribution < -0.4 is 5.73 Å². The van der Waals surface area contributed by atoms with Crippen molar-refractivity contribution in [3.8, 4) is 12.3 Å². The Labute approximate surface area is 159 Å². The molecular weight excluding hydrogens is 358 g/mol. The molecule has 0 aliphatic carbocycles. The van der Waals surface area contributed by atoms with Crippen molar-refractivity contribution in [1.82, 2.24) is 8.96 Å². The molecule has 0 radical (unpaired) electrons. The quantitative estimate of drug-likeness (QED) is 0.703. The number of aryl methyl sites for hydroxylation is 1. The summed E-state index contributed by atoms with van der Waals surface area (Å²) in [7, 11) is -3.65. The summed E-state index contributed by atoms with van der Waals surface area (Å²) in [5.41, 5.74) is 10.6. The lowest BCUT2D eigenvalue weighted by Gasteiger charge is -2.12. The predicted molar refractivity (Wildman–Crippen MR) is 111 cm³/mol. The van der Waals surface area contributed by atoms with Gasteiger partial charge in [0.2, 0.25) is 16.0 Å². The van der Waals surface area contributed by atoms with Crippen LogP contribution in [-0.4, -0.2) is 22.6 Å². The van der Waals surface area contributed by atoms with Gasteiger partial charge in [-0.05, 0) is 55.7 Å². The van der Waals surface area contributed by atoms with E-state index in [1.54, 1.807) is 32.1 Å². The zero-order chi connectivity index (χ0) is 19.8. The van der Waals surface area contributed by atoms with Crippen molar-refractivity contribution in [3.63, 3.8) is 0 Å². The molecule has 0 fully saturated rings. The van der Waals surface area contributed by atoms with Gasteiger partial charge in [0.1, 0.15) is 0 Å². The van der Waals surface area contributed by atoms with E-state index in [2.05, 4.69) is 10.9 Å². The van der Waals surface area contributed by atoms with E-state index in [1.807, 2.05) is 37.3 Å². The first-order valence-corrected chi connectivity index (χ1v) is 10.0. The fourth-order valence-corrected chi connectivity index (χ4v) is 4.01. The maximum Gasteiger partial charge on any atom is 0.244 e. The molecule has 0 aliphatic heterocycles. The Bertz CT molecular complexity index is 1180. The second-order valence-corrected chi connectivity index (χ2v) is 8.96. The molecule has 0 saturated carbocycles. The Morgan fingerprint density at radius 1 is 1.19 bits per heavy atom. The van der Waals surface area contributed by atoms with Crippen LogP contribution >= 0.6 is 0 Å². The smallest absolute Gasteiger partial charge is 0.244 e. The largest absolute Gasteiger partial charge is 0.368 e. The van der Waals surface area contributed by atoms with Gasteiger partial charge in [0, 0.05) is 0 Å². The van der Waals surface area contributed by atoms with Gasteiger partial charge in [-0.1, -0.05) is 41.8 Å². The number of nitrogens with two attached hydrogens (primary N) is 1. The minimum atomic E-state index is -3.65. The average Bonchev–Trinajstić information content (AvgIpc) is 2.96. The van der Waals surface area contributed by atoms with Crippen molar-refractivity contribution in [3.05, 3.63) is 65.2 Å². The van der Waals surface area contributed by atoms with E-state index in [9.17, 15) is 8.42 Å². The normalized spacial score (nSPS) is 12.5.